The highest BCUT2D eigenvalue weighted by molar-refractivity contribution is 7.93. The molecule has 0 aromatic heterocycles. The van der Waals surface area contributed by atoms with Gasteiger partial charge in [0.15, 0.2) is 14.6 Å². The first kappa shape index (κ1) is 8.99. The van der Waals surface area contributed by atoms with Gasteiger partial charge in [-0.3, -0.25) is 4.79 Å². The molecule has 0 bridgehead atoms. The van der Waals surface area contributed by atoms with Crippen LogP contribution < -0.4 is 5.32 Å². The van der Waals surface area contributed by atoms with Gasteiger partial charge in [0, 0.05) is 6.04 Å². The summed E-state index contributed by atoms with van der Waals surface area (Å²) in [6.45, 7) is 1.72. The minimum Gasteiger partial charge on any atom is -0.351 e. The van der Waals surface area contributed by atoms with Crippen LogP contribution in [0.3, 0.4) is 0 Å². The third-order valence-electron chi connectivity index (χ3n) is 3.02. The molecule has 1 amide bonds. The zero-order valence-corrected chi connectivity index (χ0v) is 8.36. The second-order valence-electron chi connectivity index (χ2n) is 4.00. The average Bonchev–Trinajstić information content (AvgIpc) is 1.76. The van der Waals surface area contributed by atoms with E-state index in [-0.39, 0.29) is 17.7 Å². The number of hydrogen-bond acceptors (Lipinski definition) is 3. The van der Waals surface area contributed by atoms with E-state index in [1.54, 1.807) is 6.92 Å². The van der Waals surface area contributed by atoms with Gasteiger partial charge in [0.1, 0.15) is 0 Å². The lowest BCUT2D eigenvalue weighted by Gasteiger charge is -2.43. The minimum absolute atomic E-state index is 0.0960. The maximum Gasteiger partial charge on any atom is 0.241 e. The van der Waals surface area contributed by atoms with E-state index in [0.29, 0.717) is 12.8 Å². The minimum atomic E-state index is -3.20. The summed E-state index contributed by atoms with van der Waals surface area (Å²) in [7, 11) is -3.20. The Bertz CT molecular complexity index is 342. The van der Waals surface area contributed by atoms with Gasteiger partial charge in [0.25, 0.3) is 0 Å². The molecule has 0 radical (unpaired) electrons. The summed E-state index contributed by atoms with van der Waals surface area (Å²) < 4.78 is 22.4. The van der Waals surface area contributed by atoms with Gasteiger partial charge in [-0.15, -0.1) is 0 Å². The van der Waals surface area contributed by atoms with E-state index in [9.17, 15) is 13.2 Å². The van der Waals surface area contributed by atoms with Crippen LogP contribution in [0, 0.1) is 0 Å². The van der Waals surface area contributed by atoms with Crippen molar-refractivity contribution in [2.75, 3.05) is 5.75 Å². The Morgan fingerprint density at radius 3 is 2.46 bits per heavy atom. The van der Waals surface area contributed by atoms with Crippen LogP contribution in [0.2, 0.25) is 0 Å². The van der Waals surface area contributed by atoms with Gasteiger partial charge < -0.3 is 5.32 Å². The van der Waals surface area contributed by atoms with E-state index in [0.717, 1.165) is 6.42 Å². The molecule has 2 rings (SSSR count). The van der Waals surface area contributed by atoms with Gasteiger partial charge in [0.2, 0.25) is 5.91 Å². The van der Waals surface area contributed by atoms with Gasteiger partial charge in [-0.1, -0.05) is 0 Å². The van der Waals surface area contributed by atoms with Crippen molar-refractivity contribution in [2.24, 2.45) is 0 Å². The van der Waals surface area contributed by atoms with E-state index >= 15 is 0 Å². The number of rotatable bonds is 0. The molecular formula is C8H13NO3S. The van der Waals surface area contributed by atoms with Crippen molar-refractivity contribution in [3.63, 3.8) is 0 Å². The standard InChI is InChI=1S/C8H13NO3S/c1-6-5-13(11,12)8(3-2-4-8)7(10)9-6/h6H,2-5H2,1H3,(H,9,10). The van der Waals surface area contributed by atoms with Crippen molar-refractivity contribution in [3.05, 3.63) is 0 Å². The highest BCUT2D eigenvalue weighted by Crippen LogP contribution is 2.42. The first-order chi connectivity index (χ1) is 5.98. The Hall–Kier alpha value is -0.580. The van der Waals surface area contributed by atoms with Gasteiger partial charge in [-0.25, -0.2) is 8.42 Å². The summed E-state index contributed by atoms with van der Waals surface area (Å²) in [5.74, 6) is -0.184. The average molecular weight is 203 g/mol. The molecule has 13 heavy (non-hydrogen) atoms. The van der Waals surface area contributed by atoms with Gasteiger partial charge in [-0.05, 0) is 26.2 Å². The number of carbonyl (C=O) groups excluding carboxylic acids is 1. The molecule has 1 saturated heterocycles. The fourth-order valence-electron chi connectivity index (χ4n) is 2.06. The molecule has 1 saturated carbocycles. The topological polar surface area (TPSA) is 63.2 Å². The number of hydrogen-bond donors (Lipinski definition) is 1. The van der Waals surface area contributed by atoms with Crippen molar-refractivity contribution < 1.29 is 13.2 Å². The molecule has 1 N–H and O–H groups in total. The highest BCUT2D eigenvalue weighted by Gasteiger charge is 2.57. The molecule has 4 nitrogen and oxygen atoms in total. The first-order valence-corrected chi connectivity index (χ1v) is 6.16. The molecule has 1 heterocycles. The van der Waals surface area contributed by atoms with Crippen LogP contribution in [0.15, 0.2) is 0 Å². The molecule has 74 valence electrons. The van der Waals surface area contributed by atoms with Crippen LogP contribution in [0.5, 0.6) is 0 Å². The van der Waals surface area contributed by atoms with E-state index < -0.39 is 14.6 Å². The van der Waals surface area contributed by atoms with E-state index in [4.69, 9.17) is 0 Å². The molecule has 5 heteroatoms. The summed E-state index contributed by atoms with van der Waals surface area (Å²) in [4.78, 5) is 11.5. The molecule has 1 spiro atoms. The molecule has 1 aliphatic heterocycles. The van der Waals surface area contributed by atoms with E-state index in [1.165, 1.54) is 0 Å². The summed E-state index contributed by atoms with van der Waals surface area (Å²) in [5.41, 5.74) is 0. The number of amides is 1. The fourth-order valence-corrected chi connectivity index (χ4v) is 4.38. The lowest BCUT2D eigenvalue weighted by atomic mass is 9.83. The zero-order chi connectivity index (χ0) is 9.69. The van der Waals surface area contributed by atoms with Crippen LogP contribution in [-0.2, 0) is 14.6 Å². The quantitative estimate of drug-likeness (QED) is 0.595. The monoisotopic (exact) mass is 203 g/mol. The van der Waals surface area contributed by atoms with Crippen molar-refractivity contribution >= 4 is 15.7 Å². The number of carbonyl (C=O) groups is 1. The molecule has 2 fully saturated rings. The fraction of sp³-hybridized carbons (Fsp3) is 0.875. The Morgan fingerprint density at radius 1 is 1.46 bits per heavy atom. The molecule has 2 aliphatic rings. The Balaban J connectivity index is 2.40. The Morgan fingerprint density at radius 2 is 2.08 bits per heavy atom. The molecule has 1 atom stereocenters. The van der Waals surface area contributed by atoms with Crippen molar-refractivity contribution in [3.8, 4) is 0 Å². The van der Waals surface area contributed by atoms with Crippen LogP contribution in [0.25, 0.3) is 0 Å². The van der Waals surface area contributed by atoms with Crippen molar-refractivity contribution in [1.82, 2.24) is 5.32 Å². The molecule has 0 aromatic rings. The second kappa shape index (κ2) is 2.47. The third kappa shape index (κ3) is 1.03. The first-order valence-electron chi connectivity index (χ1n) is 4.51. The maximum atomic E-state index is 11.7. The highest BCUT2D eigenvalue weighted by atomic mass is 32.2. The van der Waals surface area contributed by atoms with E-state index in [2.05, 4.69) is 5.32 Å². The Labute approximate surface area is 77.6 Å². The van der Waals surface area contributed by atoms with Crippen molar-refractivity contribution in [1.29, 1.82) is 0 Å². The lowest BCUT2D eigenvalue weighted by molar-refractivity contribution is -0.126. The summed E-state index contributed by atoms with van der Waals surface area (Å²) in [6.07, 6.45) is 1.86. The van der Waals surface area contributed by atoms with E-state index in [1.807, 2.05) is 0 Å². The van der Waals surface area contributed by atoms with Crippen molar-refractivity contribution in [2.45, 2.75) is 37.0 Å². The number of sulfone groups is 1. The molecule has 1 unspecified atom stereocenters. The van der Waals surface area contributed by atoms with Crippen LogP contribution in [-0.4, -0.2) is 30.9 Å². The molecular weight excluding hydrogens is 190 g/mol. The Kier molecular flexibility index (Phi) is 1.71. The second-order valence-corrected chi connectivity index (χ2v) is 6.35. The lowest BCUT2D eigenvalue weighted by Crippen LogP contribution is -2.65. The molecule has 1 aliphatic carbocycles. The third-order valence-corrected chi connectivity index (χ3v) is 5.74. The molecule has 0 aromatic carbocycles. The SMILES string of the molecule is CC1CS(=O)(=O)C2(CCC2)C(=O)N1. The smallest absolute Gasteiger partial charge is 0.241 e. The van der Waals surface area contributed by atoms with Gasteiger partial charge in [-0.2, -0.15) is 0 Å². The normalized spacial score (nSPS) is 35.2. The summed E-state index contributed by atoms with van der Waals surface area (Å²) >= 11 is 0. The predicted molar refractivity (Wildman–Crippen MR) is 48.0 cm³/mol. The maximum absolute atomic E-state index is 11.7. The number of nitrogens with one attached hydrogen (secondary N) is 1. The van der Waals surface area contributed by atoms with Crippen LogP contribution >= 0.6 is 0 Å². The van der Waals surface area contributed by atoms with Crippen LogP contribution in [0.4, 0.5) is 0 Å². The van der Waals surface area contributed by atoms with Gasteiger partial charge >= 0.3 is 0 Å². The zero-order valence-electron chi connectivity index (χ0n) is 7.54. The van der Waals surface area contributed by atoms with Gasteiger partial charge in [0.05, 0.1) is 5.75 Å². The largest absolute Gasteiger partial charge is 0.351 e. The summed E-state index contributed by atoms with van der Waals surface area (Å²) in [6, 6.07) is -0.233. The van der Waals surface area contributed by atoms with Crippen LogP contribution in [0.1, 0.15) is 26.2 Å². The predicted octanol–water partition coefficient (Wildman–Crippen LogP) is -0.158. The summed E-state index contributed by atoms with van der Waals surface area (Å²) in [5, 5.41) is 2.71.